The van der Waals surface area contributed by atoms with Crippen LogP contribution in [0, 0.1) is 0 Å². The maximum atomic E-state index is 12.0. The minimum atomic E-state index is -1.28. The molecule has 0 atom stereocenters. The highest BCUT2D eigenvalue weighted by Crippen LogP contribution is 2.21. The van der Waals surface area contributed by atoms with Gasteiger partial charge in [0.05, 0.1) is 13.2 Å². The van der Waals surface area contributed by atoms with E-state index in [-0.39, 0.29) is 22.0 Å². The number of hydrogen-bond donors (Lipinski definition) is 3. The molecule has 1 saturated heterocycles. The molecule has 1 aliphatic heterocycles. The first kappa shape index (κ1) is 15.2. The first-order chi connectivity index (χ1) is 9.99. The highest BCUT2D eigenvalue weighted by Gasteiger charge is 2.20. The zero-order valence-corrected chi connectivity index (χ0v) is 11.9. The standard InChI is InChI=1S/C13H14N2O5S/c16-10-2-1-8(7-9(10)13(18)19)14-11(17)12(21)15-3-5-20-6-4-15/h1-2,7,16H,3-6H2,(H,14,17)(H,18,19). The van der Waals surface area contributed by atoms with Crippen LogP contribution in [-0.2, 0) is 9.53 Å². The van der Waals surface area contributed by atoms with Crippen LogP contribution in [0.5, 0.6) is 5.75 Å². The van der Waals surface area contributed by atoms with E-state index in [2.05, 4.69) is 5.32 Å². The number of rotatable bonds is 2. The molecular weight excluding hydrogens is 296 g/mol. The number of hydrogen-bond acceptors (Lipinski definition) is 5. The van der Waals surface area contributed by atoms with Crippen molar-refractivity contribution in [3.8, 4) is 5.75 Å². The fourth-order valence-corrected chi connectivity index (χ4v) is 2.11. The van der Waals surface area contributed by atoms with Gasteiger partial charge in [0.2, 0.25) is 0 Å². The van der Waals surface area contributed by atoms with Gasteiger partial charge in [-0.3, -0.25) is 4.79 Å². The minimum absolute atomic E-state index is 0.128. The van der Waals surface area contributed by atoms with Gasteiger partial charge in [-0.1, -0.05) is 12.2 Å². The maximum absolute atomic E-state index is 12.0. The Hall–Kier alpha value is -2.19. The maximum Gasteiger partial charge on any atom is 0.339 e. The van der Waals surface area contributed by atoms with Crippen molar-refractivity contribution in [2.45, 2.75) is 0 Å². The van der Waals surface area contributed by atoms with Crippen LogP contribution in [-0.4, -0.2) is 58.3 Å². The largest absolute Gasteiger partial charge is 0.507 e. The highest BCUT2D eigenvalue weighted by molar-refractivity contribution is 7.82. The fraction of sp³-hybridized carbons (Fsp3) is 0.308. The molecule has 7 nitrogen and oxygen atoms in total. The van der Waals surface area contributed by atoms with Gasteiger partial charge in [0, 0.05) is 18.8 Å². The molecule has 8 heteroatoms. The first-order valence-electron chi connectivity index (χ1n) is 6.23. The summed E-state index contributed by atoms with van der Waals surface area (Å²) in [7, 11) is 0. The monoisotopic (exact) mass is 310 g/mol. The summed E-state index contributed by atoms with van der Waals surface area (Å²) in [5.74, 6) is -2.13. The summed E-state index contributed by atoms with van der Waals surface area (Å²) in [4.78, 5) is 24.8. The predicted molar refractivity (Wildman–Crippen MR) is 78.7 cm³/mol. The zero-order valence-electron chi connectivity index (χ0n) is 11.0. The van der Waals surface area contributed by atoms with Gasteiger partial charge in [0.1, 0.15) is 11.3 Å². The van der Waals surface area contributed by atoms with Crippen molar-refractivity contribution in [3.63, 3.8) is 0 Å². The zero-order chi connectivity index (χ0) is 15.4. The summed E-state index contributed by atoms with van der Waals surface area (Å²) in [6, 6.07) is 3.79. The Morgan fingerprint density at radius 3 is 2.57 bits per heavy atom. The molecule has 0 aliphatic carbocycles. The normalized spacial score (nSPS) is 14.6. The van der Waals surface area contributed by atoms with Crippen LogP contribution in [0.4, 0.5) is 5.69 Å². The summed E-state index contributed by atoms with van der Waals surface area (Å²) in [6.45, 7) is 2.11. The number of nitrogens with one attached hydrogen (secondary N) is 1. The van der Waals surface area contributed by atoms with E-state index in [1.54, 1.807) is 4.90 Å². The van der Waals surface area contributed by atoms with Crippen LogP contribution in [0.1, 0.15) is 10.4 Å². The number of aromatic carboxylic acids is 1. The van der Waals surface area contributed by atoms with Crippen molar-refractivity contribution in [1.82, 2.24) is 4.90 Å². The van der Waals surface area contributed by atoms with Gasteiger partial charge >= 0.3 is 5.97 Å². The minimum Gasteiger partial charge on any atom is -0.507 e. The smallest absolute Gasteiger partial charge is 0.339 e. The molecule has 0 aromatic heterocycles. The highest BCUT2D eigenvalue weighted by atomic mass is 32.1. The van der Waals surface area contributed by atoms with Gasteiger partial charge < -0.3 is 25.2 Å². The average Bonchev–Trinajstić information content (AvgIpc) is 2.49. The fourth-order valence-electron chi connectivity index (χ4n) is 1.88. The Kier molecular flexibility index (Phi) is 4.71. The number of aromatic hydroxyl groups is 1. The summed E-state index contributed by atoms with van der Waals surface area (Å²) in [6.07, 6.45) is 0. The molecule has 0 spiro atoms. The van der Waals surface area contributed by atoms with Crippen LogP contribution in [0.15, 0.2) is 18.2 Å². The lowest BCUT2D eigenvalue weighted by atomic mass is 10.2. The Morgan fingerprint density at radius 2 is 1.95 bits per heavy atom. The SMILES string of the molecule is O=C(Nc1ccc(O)c(C(=O)O)c1)C(=S)N1CCOCC1. The summed E-state index contributed by atoms with van der Waals surface area (Å²) in [5.41, 5.74) is -0.0316. The molecule has 1 amide bonds. The summed E-state index contributed by atoms with van der Waals surface area (Å²) in [5, 5.41) is 20.9. The lowest BCUT2D eigenvalue weighted by Crippen LogP contribution is -2.44. The number of benzene rings is 1. The molecule has 112 valence electrons. The van der Waals surface area contributed by atoms with E-state index in [4.69, 9.17) is 22.1 Å². The predicted octanol–water partition coefficient (Wildman–Crippen LogP) is 0.689. The molecule has 1 heterocycles. The molecule has 1 aliphatic rings. The van der Waals surface area contributed by atoms with Gasteiger partial charge in [-0.2, -0.15) is 0 Å². The number of phenols is 1. The van der Waals surface area contributed by atoms with Crippen LogP contribution in [0.2, 0.25) is 0 Å². The number of thiocarbonyl (C=S) groups is 1. The van der Waals surface area contributed by atoms with Crippen molar-refractivity contribution < 1.29 is 24.5 Å². The van der Waals surface area contributed by atoms with E-state index in [1.165, 1.54) is 18.2 Å². The number of ether oxygens (including phenoxy) is 1. The van der Waals surface area contributed by atoms with Crippen molar-refractivity contribution in [2.24, 2.45) is 0 Å². The Balaban J connectivity index is 2.07. The number of carbonyl (C=O) groups is 2. The number of anilines is 1. The summed E-state index contributed by atoms with van der Waals surface area (Å²) < 4.78 is 5.18. The van der Waals surface area contributed by atoms with Crippen molar-refractivity contribution in [3.05, 3.63) is 23.8 Å². The lowest BCUT2D eigenvalue weighted by molar-refractivity contribution is -0.111. The Bertz CT molecular complexity index is 584. The molecule has 0 bridgehead atoms. The van der Waals surface area contributed by atoms with Crippen LogP contribution >= 0.6 is 12.2 Å². The first-order valence-corrected chi connectivity index (χ1v) is 6.64. The van der Waals surface area contributed by atoms with Crippen molar-refractivity contribution in [1.29, 1.82) is 0 Å². The number of carbonyl (C=O) groups excluding carboxylic acids is 1. The van der Waals surface area contributed by atoms with Gasteiger partial charge in [-0.15, -0.1) is 0 Å². The number of nitrogens with zero attached hydrogens (tertiary/aromatic N) is 1. The third kappa shape index (κ3) is 3.67. The summed E-state index contributed by atoms with van der Waals surface area (Å²) >= 11 is 5.10. The van der Waals surface area contributed by atoms with Crippen molar-refractivity contribution in [2.75, 3.05) is 31.6 Å². The topological polar surface area (TPSA) is 99.1 Å². The van der Waals surface area contributed by atoms with Gasteiger partial charge in [-0.25, -0.2) is 4.79 Å². The van der Waals surface area contributed by atoms with Crippen LogP contribution < -0.4 is 5.32 Å². The molecule has 3 N–H and O–H groups in total. The van der Waals surface area contributed by atoms with E-state index in [9.17, 15) is 14.7 Å². The molecule has 0 saturated carbocycles. The van der Waals surface area contributed by atoms with E-state index in [0.29, 0.717) is 26.3 Å². The van der Waals surface area contributed by atoms with Gasteiger partial charge in [-0.05, 0) is 18.2 Å². The molecule has 21 heavy (non-hydrogen) atoms. The van der Waals surface area contributed by atoms with Gasteiger partial charge in [0.25, 0.3) is 5.91 Å². The number of carboxylic acids is 1. The molecule has 2 rings (SSSR count). The van der Waals surface area contributed by atoms with E-state index in [1.807, 2.05) is 0 Å². The molecular formula is C13H14N2O5S. The third-order valence-corrected chi connectivity index (χ3v) is 3.42. The number of carboxylic acid groups (broad SMARTS) is 1. The molecule has 1 fully saturated rings. The molecule has 0 unspecified atom stereocenters. The second-order valence-corrected chi connectivity index (χ2v) is 4.78. The Labute approximate surface area is 126 Å². The van der Waals surface area contributed by atoms with Crippen LogP contribution in [0.3, 0.4) is 0 Å². The van der Waals surface area contributed by atoms with Gasteiger partial charge in [0.15, 0.2) is 4.99 Å². The number of morpholine rings is 1. The van der Waals surface area contributed by atoms with Crippen molar-refractivity contribution >= 4 is 34.8 Å². The van der Waals surface area contributed by atoms with E-state index < -0.39 is 11.9 Å². The molecule has 0 radical (unpaired) electrons. The van der Waals surface area contributed by atoms with E-state index >= 15 is 0 Å². The second-order valence-electron chi connectivity index (χ2n) is 4.40. The molecule has 1 aromatic rings. The Morgan fingerprint density at radius 1 is 1.29 bits per heavy atom. The second kappa shape index (κ2) is 6.51. The van der Waals surface area contributed by atoms with Crippen LogP contribution in [0.25, 0.3) is 0 Å². The quantitative estimate of drug-likeness (QED) is 0.546. The van der Waals surface area contributed by atoms with E-state index in [0.717, 1.165) is 0 Å². The number of amides is 1. The average molecular weight is 310 g/mol. The lowest BCUT2D eigenvalue weighted by Gasteiger charge is -2.28. The molecule has 1 aromatic carbocycles. The third-order valence-electron chi connectivity index (χ3n) is 2.98.